The number of hydrogen-bond donors (Lipinski definition) is 4. The predicted molar refractivity (Wildman–Crippen MR) is 109 cm³/mol. The Balaban J connectivity index is 1.87. The Morgan fingerprint density at radius 3 is 2.44 bits per heavy atom. The third-order valence-electron chi connectivity index (χ3n) is 4.58. The molecule has 0 aromatic heterocycles. The lowest BCUT2D eigenvalue weighted by atomic mass is 9.99. The second kappa shape index (κ2) is 9.96. The number of nitro benzene ring substituents is 1. The molecule has 0 spiro atoms. The first-order valence-electron chi connectivity index (χ1n) is 9.05. The molecule has 0 unspecified atom stereocenters. The van der Waals surface area contributed by atoms with E-state index in [1.54, 1.807) is 0 Å². The quantitative estimate of drug-likeness (QED) is 0.265. The van der Waals surface area contributed by atoms with Crippen LogP contribution in [0.4, 0.5) is 5.69 Å². The van der Waals surface area contributed by atoms with Crippen LogP contribution < -0.4 is 4.74 Å². The van der Waals surface area contributed by atoms with E-state index < -0.39 is 59.5 Å². The number of hydrogen-bond acceptors (Lipinski definition) is 10. The number of aliphatic hydroxyl groups is 4. The molecule has 172 valence electrons. The Hall–Kier alpha value is -2.51. The summed E-state index contributed by atoms with van der Waals surface area (Å²) < 4.78 is 15.6. The fraction of sp³-hybridized carbons (Fsp3) is 0.316. The number of aliphatic hydroxyl groups excluding tert-OH is 4. The number of carbonyl (C=O) groups is 1. The van der Waals surface area contributed by atoms with E-state index in [9.17, 15) is 35.3 Å². The monoisotopic (exact) mass is 489 g/mol. The lowest BCUT2D eigenvalue weighted by Gasteiger charge is -2.39. The number of benzene rings is 2. The number of rotatable bonds is 6. The van der Waals surface area contributed by atoms with Crippen LogP contribution >= 0.6 is 23.2 Å². The summed E-state index contributed by atoms with van der Waals surface area (Å²) in [6, 6.07) is 7.63. The maximum Gasteiger partial charge on any atom is 0.347 e. The third kappa shape index (κ3) is 5.10. The Morgan fingerprint density at radius 1 is 1.09 bits per heavy atom. The normalized spacial score (nSPS) is 25.2. The molecule has 1 fully saturated rings. The molecule has 13 heteroatoms. The highest BCUT2D eigenvalue weighted by Gasteiger charge is 2.45. The molecule has 0 saturated carbocycles. The van der Waals surface area contributed by atoms with Crippen molar-refractivity contribution < 1.29 is 44.4 Å². The number of esters is 1. The zero-order chi connectivity index (χ0) is 23.6. The van der Waals surface area contributed by atoms with Crippen LogP contribution in [0, 0.1) is 10.1 Å². The van der Waals surface area contributed by atoms with Gasteiger partial charge in [0.1, 0.15) is 41.5 Å². The van der Waals surface area contributed by atoms with Gasteiger partial charge in [-0.05, 0) is 24.3 Å². The fourth-order valence-corrected chi connectivity index (χ4v) is 3.37. The Labute approximate surface area is 190 Å². The van der Waals surface area contributed by atoms with Gasteiger partial charge in [-0.1, -0.05) is 23.2 Å². The van der Waals surface area contributed by atoms with E-state index in [1.807, 2.05) is 0 Å². The molecule has 32 heavy (non-hydrogen) atoms. The first-order valence-corrected chi connectivity index (χ1v) is 9.80. The Kier molecular flexibility index (Phi) is 7.51. The summed E-state index contributed by atoms with van der Waals surface area (Å²) in [7, 11) is 0. The van der Waals surface area contributed by atoms with E-state index in [0.29, 0.717) is 5.02 Å². The molecule has 1 saturated heterocycles. The van der Waals surface area contributed by atoms with Crippen molar-refractivity contribution in [3.8, 4) is 11.5 Å². The van der Waals surface area contributed by atoms with Crippen LogP contribution in [-0.4, -0.2) is 68.6 Å². The van der Waals surface area contributed by atoms with Crippen molar-refractivity contribution in [3.05, 3.63) is 62.1 Å². The molecule has 1 aliphatic rings. The van der Waals surface area contributed by atoms with Gasteiger partial charge in [0.2, 0.25) is 6.29 Å². The Morgan fingerprint density at radius 2 is 1.81 bits per heavy atom. The van der Waals surface area contributed by atoms with Gasteiger partial charge in [-0.2, -0.15) is 0 Å². The molecule has 0 bridgehead atoms. The van der Waals surface area contributed by atoms with Crippen molar-refractivity contribution in [2.24, 2.45) is 0 Å². The highest BCUT2D eigenvalue weighted by Crippen LogP contribution is 2.34. The summed E-state index contributed by atoms with van der Waals surface area (Å²) >= 11 is 11.9. The standard InChI is InChI=1S/C19H17Cl2NO10/c20-8-1-4-13(11(21)5-8)30-9-2-3-12(22(28)29)10(6-9)18(27)32-19-17(26)16(25)15(24)14(7-23)31-19/h1-6,14-17,19,23-26H,7H2/t14-,15+,16+,17-,19-/m1/s1. The van der Waals surface area contributed by atoms with Gasteiger partial charge in [-0.3, -0.25) is 10.1 Å². The van der Waals surface area contributed by atoms with Crippen molar-refractivity contribution in [1.29, 1.82) is 0 Å². The Bertz CT molecular complexity index is 1020. The smallest absolute Gasteiger partial charge is 0.347 e. The van der Waals surface area contributed by atoms with Gasteiger partial charge < -0.3 is 34.6 Å². The molecule has 0 aliphatic carbocycles. The van der Waals surface area contributed by atoms with Gasteiger partial charge in [0, 0.05) is 17.2 Å². The first-order chi connectivity index (χ1) is 15.1. The number of nitrogens with zero attached hydrogens (tertiary/aromatic N) is 1. The summed E-state index contributed by atoms with van der Waals surface area (Å²) in [6.45, 7) is -0.746. The van der Waals surface area contributed by atoms with Crippen LogP contribution in [-0.2, 0) is 9.47 Å². The SMILES string of the molecule is O=C(O[C@H]1O[C@H](CO)[C@H](O)[C@H](O)[C@H]1O)c1cc(Oc2ccc(Cl)cc2Cl)ccc1[N+](=O)[O-]. The third-order valence-corrected chi connectivity index (χ3v) is 5.11. The van der Waals surface area contributed by atoms with Gasteiger partial charge in [-0.25, -0.2) is 4.79 Å². The number of ether oxygens (including phenoxy) is 3. The van der Waals surface area contributed by atoms with Gasteiger partial charge in [0.05, 0.1) is 16.6 Å². The summed E-state index contributed by atoms with van der Waals surface area (Å²) in [4.78, 5) is 23.2. The minimum Gasteiger partial charge on any atom is -0.456 e. The summed E-state index contributed by atoms with van der Waals surface area (Å²) in [6.07, 6.45) is -8.48. The van der Waals surface area contributed by atoms with Gasteiger partial charge in [0.15, 0.2) is 0 Å². The molecule has 3 rings (SSSR count). The second-order valence-corrected chi connectivity index (χ2v) is 7.56. The molecule has 11 nitrogen and oxygen atoms in total. The summed E-state index contributed by atoms with van der Waals surface area (Å²) in [5, 5.41) is 50.7. The maximum atomic E-state index is 12.7. The van der Waals surface area contributed by atoms with Crippen molar-refractivity contribution >= 4 is 34.9 Å². The van der Waals surface area contributed by atoms with Crippen LogP contribution in [0.25, 0.3) is 0 Å². The minimum atomic E-state index is -1.87. The van der Waals surface area contributed by atoms with Crippen molar-refractivity contribution in [3.63, 3.8) is 0 Å². The second-order valence-electron chi connectivity index (χ2n) is 6.72. The lowest BCUT2D eigenvalue weighted by Crippen LogP contribution is -2.59. The molecule has 0 amide bonds. The molecular formula is C19H17Cl2NO10. The van der Waals surface area contributed by atoms with E-state index >= 15 is 0 Å². The number of halogens is 2. The highest BCUT2D eigenvalue weighted by molar-refractivity contribution is 6.35. The van der Waals surface area contributed by atoms with Crippen LogP contribution in [0.5, 0.6) is 11.5 Å². The van der Waals surface area contributed by atoms with Gasteiger partial charge in [0.25, 0.3) is 5.69 Å². The largest absolute Gasteiger partial charge is 0.456 e. The first kappa shape index (κ1) is 24.1. The van der Waals surface area contributed by atoms with E-state index in [1.165, 1.54) is 24.3 Å². The molecular weight excluding hydrogens is 473 g/mol. The average molecular weight is 490 g/mol. The summed E-state index contributed by atoms with van der Waals surface area (Å²) in [5.41, 5.74) is -1.18. The van der Waals surface area contributed by atoms with Crippen LogP contribution in [0.2, 0.25) is 10.0 Å². The van der Waals surface area contributed by atoms with Crippen molar-refractivity contribution in [1.82, 2.24) is 0 Å². The lowest BCUT2D eigenvalue weighted by molar-refractivity contribution is -0.385. The fourth-order valence-electron chi connectivity index (χ4n) is 2.92. The van der Waals surface area contributed by atoms with Gasteiger partial charge in [-0.15, -0.1) is 0 Å². The van der Waals surface area contributed by atoms with E-state index in [0.717, 1.165) is 12.1 Å². The van der Waals surface area contributed by atoms with Crippen molar-refractivity contribution in [2.75, 3.05) is 6.61 Å². The van der Waals surface area contributed by atoms with E-state index in [4.69, 9.17) is 37.4 Å². The molecule has 4 N–H and O–H groups in total. The molecule has 0 radical (unpaired) electrons. The zero-order valence-electron chi connectivity index (χ0n) is 16.0. The minimum absolute atomic E-state index is 0.000533. The highest BCUT2D eigenvalue weighted by atomic mass is 35.5. The van der Waals surface area contributed by atoms with Gasteiger partial charge >= 0.3 is 5.97 Å². The number of carbonyl (C=O) groups excluding carboxylic acids is 1. The molecule has 5 atom stereocenters. The molecule has 1 heterocycles. The predicted octanol–water partition coefficient (Wildman–Crippen LogP) is 1.65. The van der Waals surface area contributed by atoms with Crippen molar-refractivity contribution in [2.45, 2.75) is 30.7 Å². The molecule has 2 aromatic carbocycles. The van der Waals surface area contributed by atoms with Crippen LogP contribution in [0.3, 0.4) is 0 Å². The van der Waals surface area contributed by atoms with Crippen LogP contribution in [0.15, 0.2) is 36.4 Å². The topological polar surface area (TPSA) is 169 Å². The molecule has 2 aromatic rings. The zero-order valence-corrected chi connectivity index (χ0v) is 17.5. The molecule has 1 aliphatic heterocycles. The van der Waals surface area contributed by atoms with E-state index in [2.05, 4.69) is 0 Å². The van der Waals surface area contributed by atoms with E-state index in [-0.39, 0.29) is 16.5 Å². The summed E-state index contributed by atoms with van der Waals surface area (Å²) in [5.74, 6) is -1.12. The maximum absolute atomic E-state index is 12.7. The van der Waals surface area contributed by atoms with Crippen LogP contribution in [0.1, 0.15) is 10.4 Å². The number of nitro groups is 1. The average Bonchev–Trinajstić information content (AvgIpc) is 2.75.